The Morgan fingerprint density at radius 3 is 2.29 bits per heavy atom. The summed E-state index contributed by atoms with van der Waals surface area (Å²) in [4.78, 5) is 17.4. The van der Waals surface area contributed by atoms with Gasteiger partial charge in [-0.1, -0.05) is 0 Å². The van der Waals surface area contributed by atoms with Crippen molar-refractivity contribution in [2.75, 3.05) is 32.0 Å². The van der Waals surface area contributed by atoms with Crippen LogP contribution >= 0.6 is 0 Å². The van der Waals surface area contributed by atoms with Crippen molar-refractivity contribution in [1.29, 1.82) is 0 Å². The van der Waals surface area contributed by atoms with E-state index in [4.69, 9.17) is 15.2 Å². The summed E-state index contributed by atoms with van der Waals surface area (Å²) < 4.78 is 11.3. The van der Waals surface area contributed by atoms with Crippen molar-refractivity contribution in [3.05, 3.63) is 18.0 Å². The summed E-state index contributed by atoms with van der Waals surface area (Å²) in [5.41, 5.74) is 6.80. The van der Waals surface area contributed by atoms with Crippen molar-refractivity contribution < 1.29 is 14.3 Å². The second-order valence-electron chi connectivity index (χ2n) is 5.83. The van der Waals surface area contributed by atoms with Gasteiger partial charge in [0.25, 0.3) is 5.91 Å². The Balaban J connectivity index is 1.68. The van der Waals surface area contributed by atoms with Gasteiger partial charge in [-0.25, -0.2) is 0 Å². The van der Waals surface area contributed by atoms with E-state index in [2.05, 4.69) is 4.98 Å². The van der Waals surface area contributed by atoms with Gasteiger partial charge in [0, 0.05) is 38.2 Å². The number of hydrogen-bond acceptors (Lipinski definition) is 4. The SMILES string of the molecule is Nc1c[nH]c(C(=O)N(CC2CCCO2)CC2CCCO2)c1. The van der Waals surface area contributed by atoms with E-state index in [1.165, 1.54) is 0 Å². The van der Waals surface area contributed by atoms with Crippen LogP contribution in [0, 0.1) is 0 Å². The van der Waals surface area contributed by atoms with Crippen LogP contribution in [-0.4, -0.2) is 54.3 Å². The molecule has 0 aliphatic carbocycles. The quantitative estimate of drug-likeness (QED) is 0.860. The molecule has 21 heavy (non-hydrogen) atoms. The van der Waals surface area contributed by atoms with Crippen LogP contribution in [0.2, 0.25) is 0 Å². The number of aromatic nitrogens is 1. The highest BCUT2D eigenvalue weighted by atomic mass is 16.5. The molecular formula is C15H23N3O3. The fourth-order valence-corrected chi connectivity index (χ4v) is 3.01. The fourth-order valence-electron chi connectivity index (χ4n) is 3.01. The van der Waals surface area contributed by atoms with E-state index in [0.29, 0.717) is 24.5 Å². The third-order valence-electron chi connectivity index (χ3n) is 4.12. The van der Waals surface area contributed by atoms with Crippen molar-refractivity contribution in [2.45, 2.75) is 37.9 Å². The monoisotopic (exact) mass is 293 g/mol. The van der Waals surface area contributed by atoms with Crippen molar-refractivity contribution in [2.24, 2.45) is 0 Å². The average molecular weight is 293 g/mol. The Labute approximate surface area is 124 Å². The van der Waals surface area contributed by atoms with Crippen LogP contribution in [-0.2, 0) is 9.47 Å². The first-order chi connectivity index (χ1) is 10.2. The summed E-state index contributed by atoms with van der Waals surface area (Å²) >= 11 is 0. The van der Waals surface area contributed by atoms with E-state index in [1.54, 1.807) is 12.3 Å². The molecule has 6 nitrogen and oxygen atoms in total. The molecule has 3 rings (SSSR count). The minimum absolute atomic E-state index is 0.0299. The van der Waals surface area contributed by atoms with Gasteiger partial charge in [0.15, 0.2) is 0 Å². The van der Waals surface area contributed by atoms with Gasteiger partial charge in [-0.05, 0) is 31.7 Å². The normalized spacial score (nSPS) is 25.3. The molecule has 2 aliphatic rings. The first-order valence-electron chi connectivity index (χ1n) is 7.69. The summed E-state index contributed by atoms with van der Waals surface area (Å²) in [7, 11) is 0. The van der Waals surface area contributed by atoms with E-state index in [9.17, 15) is 4.79 Å². The van der Waals surface area contributed by atoms with Crippen LogP contribution in [0.4, 0.5) is 5.69 Å². The molecule has 1 amide bonds. The van der Waals surface area contributed by atoms with Crippen molar-refractivity contribution in [3.8, 4) is 0 Å². The zero-order valence-electron chi connectivity index (χ0n) is 12.2. The number of nitrogens with two attached hydrogens (primary N) is 1. The Morgan fingerprint density at radius 1 is 1.24 bits per heavy atom. The highest BCUT2D eigenvalue weighted by Crippen LogP contribution is 2.19. The Kier molecular flexibility index (Phi) is 4.45. The third kappa shape index (κ3) is 3.57. The van der Waals surface area contributed by atoms with Gasteiger partial charge < -0.3 is 25.1 Å². The van der Waals surface area contributed by atoms with Crippen LogP contribution in [0.25, 0.3) is 0 Å². The number of carbonyl (C=O) groups excluding carboxylic acids is 1. The lowest BCUT2D eigenvalue weighted by molar-refractivity contribution is 0.0304. The van der Waals surface area contributed by atoms with Gasteiger partial charge in [0.1, 0.15) is 5.69 Å². The topological polar surface area (TPSA) is 80.6 Å². The highest BCUT2D eigenvalue weighted by Gasteiger charge is 2.27. The highest BCUT2D eigenvalue weighted by molar-refractivity contribution is 5.93. The second-order valence-corrected chi connectivity index (χ2v) is 5.83. The molecule has 1 aromatic rings. The molecule has 2 atom stereocenters. The minimum atomic E-state index is -0.0299. The first-order valence-corrected chi connectivity index (χ1v) is 7.69. The molecule has 2 unspecified atom stereocenters. The summed E-state index contributed by atoms with van der Waals surface area (Å²) in [6.45, 7) is 2.83. The number of hydrogen-bond donors (Lipinski definition) is 2. The largest absolute Gasteiger partial charge is 0.397 e. The first kappa shape index (κ1) is 14.4. The molecule has 116 valence electrons. The fraction of sp³-hybridized carbons (Fsp3) is 0.667. The zero-order chi connectivity index (χ0) is 14.7. The molecular weight excluding hydrogens is 270 g/mol. The average Bonchev–Trinajstić information content (AvgIpc) is 3.19. The standard InChI is InChI=1S/C15H23N3O3/c16-11-7-14(17-8-11)15(19)18(9-12-3-1-5-20-12)10-13-4-2-6-21-13/h7-8,12-13,17H,1-6,9-10,16H2. The third-order valence-corrected chi connectivity index (χ3v) is 4.12. The van der Waals surface area contributed by atoms with Gasteiger partial charge in [-0.2, -0.15) is 0 Å². The Morgan fingerprint density at radius 2 is 1.86 bits per heavy atom. The molecule has 6 heteroatoms. The lowest BCUT2D eigenvalue weighted by atomic mass is 10.2. The number of amides is 1. The summed E-state index contributed by atoms with van der Waals surface area (Å²) in [5.74, 6) is -0.0299. The molecule has 0 aromatic carbocycles. The van der Waals surface area contributed by atoms with E-state index in [1.807, 2.05) is 4.90 Å². The van der Waals surface area contributed by atoms with Gasteiger partial charge in [-0.15, -0.1) is 0 Å². The lowest BCUT2D eigenvalue weighted by Gasteiger charge is -2.27. The predicted molar refractivity (Wildman–Crippen MR) is 79.1 cm³/mol. The van der Waals surface area contributed by atoms with E-state index < -0.39 is 0 Å². The van der Waals surface area contributed by atoms with E-state index in [-0.39, 0.29) is 18.1 Å². The number of H-pyrrole nitrogens is 1. The molecule has 0 bridgehead atoms. The molecule has 2 aliphatic heterocycles. The van der Waals surface area contributed by atoms with Gasteiger partial charge in [0.05, 0.1) is 12.2 Å². The second kappa shape index (κ2) is 6.49. The smallest absolute Gasteiger partial charge is 0.270 e. The summed E-state index contributed by atoms with van der Waals surface area (Å²) in [5, 5.41) is 0. The molecule has 0 saturated carbocycles. The molecule has 2 saturated heterocycles. The number of nitrogens with zero attached hydrogens (tertiary/aromatic N) is 1. The molecule has 3 heterocycles. The predicted octanol–water partition coefficient (Wildman–Crippen LogP) is 1.40. The number of anilines is 1. The zero-order valence-corrected chi connectivity index (χ0v) is 12.2. The van der Waals surface area contributed by atoms with Crippen molar-refractivity contribution in [3.63, 3.8) is 0 Å². The molecule has 3 N–H and O–H groups in total. The molecule has 0 spiro atoms. The lowest BCUT2D eigenvalue weighted by Crippen LogP contribution is -2.42. The van der Waals surface area contributed by atoms with Crippen LogP contribution in [0.3, 0.4) is 0 Å². The summed E-state index contributed by atoms with van der Waals surface area (Å²) in [6.07, 6.45) is 6.10. The maximum absolute atomic E-state index is 12.7. The Bertz CT molecular complexity index is 458. The van der Waals surface area contributed by atoms with E-state index in [0.717, 1.165) is 38.9 Å². The maximum atomic E-state index is 12.7. The van der Waals surface area contributed by atoms with Crippen LogP contribution in [0.1, 0.15) is 36.2 Å². The molecule has 1 aromatic heterocycles. The van der Waals surface area contributed by atoms with Gasteiger partial charge in [-0.3, -0.25) is 4.79 Å². The molecule has 0 radical (unpaired) electrons. The van der Waals surface area contributed by atoms with Crippen molar-refractivity contribution in [1.82, 2.24) is 9.88 Å². The van der Waals surface area contributed by atoms with Crippen molar-refractivity contribution >= 4 is 11.6 Å². The number of aromatic amines is 1. The van der Waals surface area contributed by atoms with Gasteiger partial charge >= 0.3 is 0 Å². The summed E-state index contributed by atoms with van der Waals surface area (Å²) in [6, 6.07) is 1.68. The number of carbonyl (C=O) groups is 1. The maximum Gasteiger partial charge on any atom is 0.270 e. The number of nitrogens with one attached hydrogen (secondary N) is 1. The van der Waals surface area contributed by atoms with Gasteiger partial charge in [0.2, 0.25) is 0 Å². The van der Waals surface area contributed by atoms with Crippen LogP contribution < -0.4 is 5.73 Å². The minimum Gasteiger partial charge on any atom is -0.397 e. The van der Waals surface area contributed by atoms with E-state index >= 15 is 0 Å². The Hall–Kier alpha value is -1.53. The van der Waals surface area contributed by atoms with Crippen LogP contribution in [0.15, 0.2) is 12.3 Å². The van der Waals surface area contributed by atoms with Crippen LogP contribution in [0.5, 0.6) is 0 Å². The number of rotatable bonds is 5. The molecule has 2 fully saturated rings. The number of ether oxygens (including phenoxy) is 2. The number of nitrogen functional groups attached to an aromatic ring is 1.